The van der Waals surface area contributed by atoms with Crippen LogP contribution in [-0.4, -0.2) is 25.2 Å². The zero-order valence-electron chi connectivity index (χ0n) is 14.3. The maximum Gasteiger partial charge on any atom is 0.345 e. The molecule has 1 aromatic heterocycles. The number of nitrogens with one attached hydrogen (secondary N) is 2. The molecule has 0 atom stereocenters. The highest BCUT2D eigenvalue weighted by Gasteiger charge is 2.21. The molecule has 2 aromatic carbocycles. The van der Waals surface area contributed by atoms with Gasteiger partial charge in [-0.1, -0.05) is 41.9 Å². The van der Waals surface area contributed by atoms with Crippen molar-refractivity contribution in [2.45, 2.75) is 6.54 Å². The number of hydrogen-bond donors (Lipinski definition) is 2. The maximum atomic E-state index is 12.5. The number of esters is 1. The van der Waals surface area contributed by atoms with Gasteiger partial charge in [-0.15, -0.1) is 0 Å². The molecular formula is C19H17ClN2O4. The lowest BCUT2D eigenvalue weighted by atomic mass is 10.1. The van der Waals surface area contributed by atoms with Crippen LogP contribution in [0.2, 0.25) is 5.02 Å². The van der Waals surface area contributed by atoms with Crippen molar-refractivity contribution in [3.05, 3.63) is 69.0 Å². The van der Waals surface area contributed by atoms with Crippen LogP contribution < -0.4 is 15.6 Å². The zero-order valence-corrected chi connectivity index (χ0v) is 15.0. The molecule has 6 nitrogen and oxygen atoms in total. The van der Waals surface area contributed by atoms with Crippen LogP contribution in [0, 0.1) is 0 Å². The summed E-state index contributed by atoms with van der Waals surface area (Å²) in [4.78, 5) is 27.3. The highest BCUT2D eigenvalue weighted by molar-refractivity contribution is 6.35. The van der Waals surface area contributed by atoms with Gasteiger partial charge in [-0.3, -0.25) is 4.79 Å². The standard InChI is InChI=1S/C19H17ClN2O4/c1-25-14-9-4-3-6-11(14)10-21-17-12-7-5-8-13(20)16(12)22-18(23)15(17)19(24)26-2/h3-9H,10H2,1-2H3,(H2,21,22,23). The molecule has 0 aliphatic carbocycles. The average molecular weight is 373 g/mol. The van der Waals surface area contributed by atoms with Crippen LogP contribution in [0.15, 0.2) is 47.3 Å². The number of halogens is 1. The van der Waals surface area contributed by atoms with Crippen molar-refractivity contribution in [2.75, 3.05) is 19.5 Å². The van der Waals surface area contributed by atoms with Crippen molar-refractivity contribution in [2.24, 2.45) is 0 Å². The van der Waals surface area contributed by atoms with E-state index in [2.05, 4.69) is 10.3 Å². The molecular weight excluding hydrogens is 356 g/mol. The predicted octanol–water partition coefficient (Wildman–Crippen LogP) is 3.59. The second-order valence-electron chi connectivity index (χ2n) is 5.52. The van der Waals surface area contributed by atoms with Crippen LogP contribution in [0.1, 0.15) is 15.9 Å². The lowest BCUT2D eigenvalue weighted by Gasteiger charge is -2.15. The van der Waals surface area contributed by atoms with E-state index in [4.69, 9.17) is 21.1 Å². The Kier molecular flexibility index (Phi) is 5.14. The van der Waals surface area contributed by atoms with Crippen molar-refractivity contribution in [1.29, 1.82) is 0 Å². The smallest absolute Gasteiger partial charge is 0.345 e. The lowest BCUT2D eigenvalue weighted by molar-refractivity contribution is 0.0600. The van der Waals surface area contributed by atoms with Gasteiger partial charge in [0.05, 0.1) is 30.4 Å². The first-order valence-electron chi connectivity index (χ1n) is 7.85. The third-order valence-corrected chi connectivity index (χ3v) is 4.35. The summed E-state index contributed by atoms with van der Waals surface area (Å²) < 4.78 is 10.1. The first-order chi connectivity index (χ1) is 12.6. The summed E-state index contributed by atoms with van der Waals surface area (Å²) in [5.41, 5.74) is 1.02. The molecule has 0 bridgehead atoms. The number of anilines is 1. The zero-order chi connectivity index (χ0) is 18.7. The Morgan fingerprint density at radius 3 is 2.65 bits per heavy atom. The number of para-hydroxylation sites is 2. The van der Waals surface area contributed by atoms with E-state index in [0.717, 1.165) is 5.56 Å². The van der Waals surface area contributed by atoms with E-state index in [0.29, 0.717) is 33.9 Å². The fourth-order valence-electron chi connectivity index (χ4n) is 2.80. The Morgan fingerprint density at radius 1 is 1.15 bits per heavy atom. The minimum absolute atomic E-state index is 0.0998. The minimum atomic E-state index is -0.726. The molecule has 0 spiro atoms. The van der Waals surface area contributed by atoms with E-state index in [1.165, 1.54) is 7.11 Å². The Labute approximate surface area is 154 Å². The van der Waals surface area contributed by atoms with Crippen molar-refractivity contribution >= 4 is 34.2 Å². The molecule has 0 saturated heterocycles. The molecule has 1 heterocycles. The molecule has 0 saturated carbocycles. The van der Waals surface area contributed by atoms with Gasteiger partial charge in [-0.25, -0.2) is 4.79 Å². The number of benzene rings is 2. The fraction of sp³-hybridized carbons (Fsp3) is 0.158. The molecule has 3 aromatic rings. The van der Waals surface area contributed by atoms with Crippen molar-refractivity contribution < 1.29 is 14.3 Å². The van der Waals surface area contributed by atoms with E-state index in [9.17, 15) is 9.59 Å². The van der Waals surface area contributed by atoms with Gasteiger partial charge in [0.15, 0.2) is 0 Å². The van der Waals surface area contributed by atoms with E-state index < -0.39 is 11.5 Å². The Morgan fingerprint density at radius 2 is 1.92 bits per heavy atom. The van der Waals surface area contributed by atoms with Gasteiger partial charge in [0.2, 0.25) is 0 Å². The van der Waals surface area contributed by atoms with Gasteiger partial charge in [0, 0.05) is 17.5 Å². The summed E-state index contributed by atoms with van der Waals surface area (Å²) in [6.07, 6.45) is 0. The lowest BCUT2D eigenvalue weighted by Crippen LogP contribution is -2.22. The number of carbonyl (C=O) groups excluding carboxylic acids is 1. The second-order valence-corrected chi connectivity index (χ2v) is 5.93. The van der Waals surface area contributed by atoms with Gasteiger partial charge in [-0.2, -0.15) is 0 Å². The summed E-state index contributed by atoms with van der Waals surface area (Å²) in [7, 11) is 2.81. The monoisotopic (exact) mass is 372 g/mol. The molecule has 0 aliphatic rings. The normalized spacial score (nSPS) is 10.6. The molecule has 26 heavy (non-hydrogen) atoms. The minimum Gasteiger partial charge on any atom is -0.496 e. The van der Waals surface area contributed by atoms with E-state index >= 15 is 0 Å². The van der Waals surface area contributed by atoms with Crippen LogP contribution in [-0.2, 0) is 11.3 Å². The number of carbonyl (C=O) groups is 1. The summed E-state index contributed by atoms with van der Waals surface area (Å²) in [5.74, 6) is -0.0255. The third-order valence-electron chi connectivity index (χ3n) is 4.04. The number of methoxy groups -OCH3 is 2. The van der Waals surface area contributed by atoms with Crippen LogP contribution in [0.25, 0.3) is 10.9 Å². The molecule has 3 rings (SSSR count). The number of fused-ring (bicyclic) bond motifs is 1. The molecule has 2 N–H and O–H groups in total. The summed E-state index contributed by atoms with van der Waals surface area (Å²) in [6, 6.07) is 12.7. The predicted molar refractivity (Wildman–Crippen MR) is 101 cm³/mol. The van der Waals surface area contributed by atoms with Crippen LogP contribution >= 0.6 is 11.6 Å². The fourth-order valence-corrected chi connectivity index (χ4v) is 3.02. The second kappa shape index (κ2) is 7.49. The first-order valence-corrected chi connectivity index (χ1v) is 8.23. The van der Waals surface area contributed by atoms with Gasteiger partial charge >= 0.3 is 5.97 Å². The topological polar surface area (TPSA) is 80.4 Å². The average Bonchev–Trinajstić information content (AvgIpc) is 2.66. The molecule has 134 valence electrons. The molecule has 0 amide bonds. The van der Waals surface area contributed by atoms with E-state index in [-0.39, 0.29) is 5.56 Å². The van der Waals surface area contributed by atoms with Gasteiger partial charge in [-0.05, 0) is 12.1 Å². The van der Waals surface area contributed by atoms with Gasteiger partial charge in [0.25, 0.3) is 5.56 Å². The summed E-state index contributed by atoms with van der Waals surface area (Å²) in [6.45, 7) is 0.346. The van der Waals surface area contributed by atoms with Crippen molar-refractivity contribution in [1.82, 2.24) is 4.98 Å². The Balaban J connectivity index is 2.14. The maximum absolute atomic E-state index is 12.5. The van der Waals surface area contributed by atoms with Crippen LogP contribution in [0.3, 0.4) is 0 Å². The molecule has 0 unspecified atom stereocenters. The van der Waals surface area contributed by atoms with Crippen molar-refractivity contribution in [3.63, 3.8) is 0 Å². The number of hydrogen-bond acceptors (Lipinski definition) is 5. The van der Waals surface area contributed by atoms with Crippen LogP contribution in [0.4, 0.5) is 5.69 Å². The van der Waals surface area contributed by atoms with Gasteiger partial charge in [0.1, 0.15) is 11.3 Å². The summed E-state index contributed by atoms with van der Waals surface area (Å²) in [5, 5.41) is 4.17. The number of aromatic nitrogens is 1. The third kappa shape index (κ3) is 3.23. The molecule has 0 aliphatic heterocycles. The number of aromatic amines is 1. The van der Waals surface area contributed by atoms with E-state index in [1.54, 1.807) is 25.3 Å². The molecule has 0 radical (unpaired) electrons. The molecule has 0 fully saturated rings. The highest BCUT2D eigenvalue weighted by atomic mass is 35.5. The largest absolute Gasteiger partial charge is 0.496 e. The van der Waals surface area contributed by atoms with Crippen LogP contribution in [0.5, 0.6) is 5.75 Å². The van der Waals surface area contributed by atoms with E-state index in [1.807, 2.05) is 24.3 Å². The number of rotatable bonds is 5. The SMILES string of the molecule is COC(=O)c1c(NCc2ccccc2OC)c2cccc(Cl)c2[nH]c1=O. The Bertz CT molecular complexity index is 1030. The summed E-state index contributed by atoms with van der Waals surface area (Å²) >= 11 is 6.20. The Hall–Kier alpha value is -2.99. The molecule has 7 heteroatoms. The number of ether oxygens (including phenoxy) is 2. The van der Waals surface area contributed by atoms with Crippen molar-refractivity contribution in [3.8, 4) is 5.75 Å². The van der Waals surface area contributed by atoms with Gasteiger partial charge < -0.3 is 19.8 Å². The highest BCUT2D eigenvalue weighted by Crippen LogP contribution is 2.30. The number of H-pyrrole nitrogens is 1. The number of pyridine rings is 1. The quantitative estimate of drug-likeness (QED) is 0.669. The first kappa shape index (κ1) is 17.8.